The van der Waals surface area contributed by atoms with Crippen LogP contribution in [0, 0.1) is 0 Å². The first kappa shape index (κ1) is 18.6. The molecule has 0 saturated carbocycles. The molecule has 0 aliphatic heterocycles. The Kier molecular flexibility index (Phi) is 5.65. The minimum Gasteiger partial charge on any atom is -0.301 e. The van der Waals surface area contributed by atoms with Gasteiger partial charge in [0, 0.05) is 4.88 Å². The van der Waals surface area contributed by atoms with Crippen molar-refractivity contribution < 1.29 is 4.79 Å². The monoisotopic (exact) mass is 429 g/mol. The number of rotatable bonds is 7. The summed E-state index contributed by atoms with van der Waals surface area (Å²) in [5.74, 6) is 0.449. The molecule has 3 heterocycles. The van der Waals surface area contributed by atoms with Gasteiger partial charge in [-0.1, -0.05) is 41.3 Å². The number of thioether (sulfide) groups is 1. The maximum atomic E-state index is 12.1. The first-order chi connectivity index (χ1) is 13.7. The van der Waals surface area contributed by atoms with E-state index >= 15 is 0 Å². The molecule has 0 unspecified atom stereocenters. The average Bonchev–Trinajstić information content (AvgIpc) is 3.44. The Morgan fingerprint density at radius 2 is 2.14 bits per heavy atom. The van der Waals surface area contributed by atoms with E-state index in [1.807, 2.05) is 48.7 Å². The van der Waals surface area contributed by atoms with E-state index in [1.165, 1.54) is 23.1 Å². The zero-order valence-corrected chi connectivity index (χ0v) is 17.1. The number of anilines is 2. The highest BCUT2D eigenvalue weighted by Crippen LogP contribution is 2.25. The van der Waals surface area contributed by atoms with E-state index in [0.29, 0.717) is 16.2 Å². The van der Waals surface area contributed by atoms with Gasteiger partial charge in [0.1, 0.15) is 0 Å². The Bertz CT molecular complexity index is 1080. The molecule has 4 aromatic rings. The topological polar surface area (TPSA) is 108 Å². The average molecular weight is 430 g/mol. The molecule has 28 heavy (non-hydrogen) atoms. The molecule has 11 heteroatoms. The molecule has 0 aliphatic carbocycles. The molecule has 1 amide bonds. The maximum absolute atomic E-state index is 12.1. The Labute approximate surface area is 172 Å². The standard InChI is InChI=1S/C17H15N7OS3/c1-10(12-7-4-8-26-12)21-22-15-20-17(24-23-15)27-9-14(25)19-16-18-11-5-2-3-6-13(11)28-16/h2-8H,9H2,1H3,(H,18,19,25)(H2,20,22,23,24)/b21-10+. The molecule has 142 valence electrons. The largest absolute Gasteiger partial charge is 0.301 e. The van der Waals surface area contributed by atoms with Crippen LogP contribution in [0.2, 0.25) is 0 Å². The summed E-state index contributed by atoms with van der Waals surface area (Å²) in [5, 5.41) is 17.0. The third-order valence-corrected chi connectivity index (χ3v) is 6.32. The summed E-state index contributed by atoms with van der Waals surface area (Å²) in [7, 11) is 0. The Morgan fingerprint density at radius 1 is 1.25 bits per heavy atom. The van der Waals surface area contributed by atoms with Gasteiger partial charge >= 0.3 is 0 Å². The molecule has 4 rings (SSSR count). The lowest BCUT2D eigenvalue weighted by Gasteiger charge is -1.99. The molecule has 8 nitrogen and oxygen atoms in total. The van der Waals surface area contributed by atoms with Crippen LogP contribution in [0.4, 0.5) is 11.1 Å². The number of benzene rings is 1. The molecular formula is C17H15N7OS3. The number of nitrogens with zero attached hydrogens (tertiary/aromatic N) is 4. The zero-order chi connectivity index (χ0) is 19.3. The van der Waals surface area contributed by atoms with Gasteiger partial charge < -0.3 is 5.32 Å². The molecule has 0 fully saturated rings. The van der Waals surface area contributed by atoms with Crippen LogP contribution in [0.5, 0.6) is 0 Å². The van der Waals surface area contributed by atoms with Crippen molar-refractivity contribution in [1.29, 1.82) is 0 Å². The summed E-state index contributed by atoms with van der Waals surface area (Å²) >= 11 is 4.29. The lowest BCUT2D eigenvalue weighted by Crippen LogP contribution is -2.13. The smallest absolute Gasteiger partial charge is 0.240 e. The fourth-order valence-electron chi connectivity index (χ4n) is 2.25. The quantitative estimate of drug-likeness (QED) is 0.232. The first-order valence-corrected chi connectivity index (χ1v) is 10.9. The van der Waals surface area contributed by atoms with Gasteiger partial charge in [-0.3, -0.25) is 4.79 Å². The number of thiophene rings is 1. The molecule has 3 N–H and O–H groups in total. The van der Waals surface area contributed by atoms with E-state index in [0.717, 1.165) is 20.8 Å². The summed E-state index contributed by atoms with van der Waals surface area (Å²) in [6.45, 7) is 1.91. The third-order valence-electron chi connectivity index (χ3n) is 3.54. The van der Waals surface area contributed by atoms with Gasteiger partial charge in [-0.25, -0.2) is 15.5 Å². The molecule has 0 atom stereocenters. The van der Waals surface area contributed by atoms with Crippen molar-refractivity contribution in [3.8, 4) is 0 Å². The van der Waals surface area contributed by atoms with E-state index in [1.54, 1.807) is 11.3 Å². The number of para-hydroxylation sites is 1. The van der Waals surface area contributed by atoms with Crippen LogP contribution in [0.25, 0.3) is 10.2 Å². The van der Waals surface area contributed by atoms with Crippen LogP contribution in [0.15, 0.2) is 52.0 Å². The number of carbonyl (C=O) groups is 1. The fourth-order valence-corrected chi connectivity index (χ4v) is 4.41. The van der Waals surface area contributed by atoms with E-state index in [9.17, 15) is 4.79 Å². The second-order valence-electron chi connectivity index (χ2n) is 5.58. The normalized spacial score (nSPS) is 11.7. The number of hydrogen-bond donors (Lipinski definition) is 3. The van der Waals surface area contributed by atoms with Crippen molar-refractivity contribution in [2.75, 3.05) is 16.5 Å². The number of amides is 1. The molecular weight excluding hydrogens is 414 g/mol. The van der Waals surface area contributed by atoms with Gasteiger partial charge in [0.25, 0.3) is 0 Å². The number of carbonyl (C=O) groups excluding carboxylic acids is 1. The first-order valence-electron chi connectivity index (χ1n) is 8.22. The number of thiazole rings is 1. The van der Waals surface area contributed by atoms with Crippen molar-refractivity contribution in [2.45, 2.75) is 12.1 Å². The third kappa shape index (κ3) is 4.55. The van der Waals surface area contributed by atoms with Crippen molar-refractivity contribution in [3.63, 3.8) is 0 Å². The van der Waals surface area contributed by atoms with E-state index in [-0.39, 0.29) is 11.7 Å². The predicted molar refractivity (Wildman–Crippen MR) is 116 cm³/mol. The second-order valence-corrected chi connectivity index (χ2v) is 8.50. The number of aromatic nitrogens is 4. The van der Waals surface area contributed by atoms with Crippen LogP contribution in [-0.4, -0.2) is 37.5 Å². The Morgan fingerprint density at radius 3 is 2.96 bits per heavy atom. The molecule has 1 aromatic carbocycles. The highest BCUT2D eigenvalue weighted by atomic mass is 32.2. The zero-order valence-electron chi connectivity index (χ0n) is 14.7. The van der Waals surface area contributed by atoms with Gasteiger partial charge in [0.2, 0.25) is 17.0 Å². The SMILES string of the molecule is C/C(=N\Nc1nc(SCC(=O)Nc2nc3ccccc3s2)n[nH]1)c1cccs1. The number of fused-ring (bicyclic) bond motifs is 1. The predicted octanol–water partition coefficient (Wildman–Crippen LogP) is 4.04. The second kappa shape index (κ2) is 8.50. The van der Waals surface area contributed by atoms with Gasteiger partial charge in [-0.2, -0.15) is 10.1 Å². The summed E-state index contributed by atoms with van der Waals surface area (Å²) in [6, 6.07) is 11.7. The number of hydrazone groups is 1. The van der Waals surface area contributed by atoms with Crippen molar-refractivity contribution in [3.05, 3.63) is 46.7 Å². The lowest BCUT2D eigenvalue weighted by atomic mass is 10.3. The van der Waals surface area contributed by atoms with Gasteiger partial charge in [0.15, 0.2) is 5.13 Å². The molecule has 3 aromatic heterocycles. The molecule has 0 spiro atoms. The van der Waals surface area contributed by atoms with Crippen LogP contribution >= 0.6 is 34.4 Å². The molecule has 0 bridgehead atoms. The minimum absolute atomic E-state index is 0.157. The number of H-pyrrole nitrogens is 1. The number of hydrogen-bond acceptors (Lipinski definition) is 9. The maximum Gasteiger partial charge on any atom is 0.240 e. The number of nitrogens with one attached hydrogen (secondary N) is 3. The van der Waals surface area contributed by atoms with E-state index in [2.05, 4.69) is 36.0 Å². The van der Waals surface area contributed by atoms with Crippen LogP contribution in [0.1, 0.15) is 11.8 Å². The molecule has 0 saturated heterocycles. The van der Waals surface area contributed by atoms with Crippen LogP contribution in [0.3, 0.4) is 0 Å². The summed E-state index contributed by atoms with van der Waals surface area (Å²) in [4.78, 5) is 21.9. The highest BCUT2D eigenvalue weighted by molar-refractivity contribution is 7.99. The molecule has 0 radical (unpaired) electrons. The van der Waals surface area contributed by atoms with E-state index < -0.39 is 0 Å². The van der Waals surface area contributed by atoms with Crippen LogP contribution in [-0.2, 0) is 4.79 Å². The van der Waals surface area contributed by atoms with Gasteiger partial charge in [-0.05, 0) is 30.5 Å². The minimum atomic E-state index is -0.157. The highest BCUT2D eigenvalue weighted by Gasteiger charge is 2.10. The lowest BCUT2D eigenvalue weighted by molar-refractivity contribution is -0.113. The number of aromatic amines is 1. The summed E-state index contributed by atoms with van der Waals surface area (Å²) in [5.41, 5.74) is 4.57. The fraction of sp³-hybridized carbons (Fsp3) is 0.118. The van der Waals surface area contributed by atoms with Crippen molar-refractivity contribution >= 4 is 67.4 Å². The Hall–Kier alpha value is -2.76. The summed E-state index contributed by atoms with van der Waals surface area (Å²) < 4.78 is 1.04. The summed E-state index contributed by atoms with van der Waals surface area (Å²) in [6.07, 6.45) is 0. The van der Waals surface area contributed by atoms with Gasteiger partial charge in [-0.15, -0.1) is 16.4 Å². The van der Waals surface area contributed by atoms with Gasteiger partial charge in [0.05, 0.1) is 21.7 Å². The van der Waals surface area contributed by atoms with Crippen molar-refractivity contribution in [2.24, 2.45) is 5.10 Å². The van der Waals surface area contributed by atoms with E-state index in [4.69, 9.17) is 0 Å². The van der Waals surface area contributed by atoms with Crippen LogP contribution < -0.4 is 10.7 Å². The Balaban J connectivity index is 1.29. The van der Waals surface area contributed by atoms with Crippen molar-refractivity contribution in [1.82, 2.24) is 20.2 Å². The molecule has 0 aliphatic rings.